The second kappa shape index (κ2) is 7.32. The molecule has 0 aliphatic carbocycles. The van der Waals surface area contributed by atoms with Gasteiger partial charge in [-0.1, -0.05) is 30.3 Å². The lowest BCUT2D eigenvalue weighted by atomic mass is 9.76. The van der Waals surface area contributed by atoms with Gasteiger partial charge >= 0.3 is 0 Å². The van der Waals surface area contributed by atoms with E-state index in [0.717, 1.165) is 43.3 Å². The van der Waals surface area contributed by atoms with Gasteiger partial charge in [-0.05, 0) is 62.0 Å². The number of piperidine rings is 3. The molecule has 0 saturated carbocycles. The van der Waals surface area contributed by atoms with Crippen molar-refractivity contribution in [2.45, 2.75) is 31.3 Å². The fourth-order valence-corrected chi connectivity index (χ4v) is 4.80. The molecule has 3 aliphatic heterocycles. The Kier molecular flexibility index (Phi) is 4.53. The maximum absolute atomic E-state index is 13.0. The van der Waals surface area contributed by atoms with Crippen LogP contribution in [0.5, 0.6) is 0 Å². The van der Waals surface area contributed by atoms with E-state index in [1.807, 2.05) is 54.9 Å². The normalized spacial score (nSPS) is 26.3. The summed E-state index contributed by atoms with van der Waals surface area (Å²) >= 11 is 0. The van der Waals surface area contributed by atoms with Crippen LogP contribution in [0, 0.1) is 5.92 Å². The Balaban J connectivity index is 1.38. The molecule has 1 aromatic carbocycles. The molecule has 5 heterocycles. The van der Waals surface area contributed by atoms with Crippen molar-refractivity contribution in [3.05, 3.63) is 72.2 Å². The number of hydrogen-bond donors (Lipinski definition) is 1. The summed E-state index contributed by atoms with van der Waals surface area (Å²) in [5.41, 5.74) is 2.58. The van der Waals surface area contributed by atoms with Crippen molar-refractivity contribution in [1.82, 2.24) is 20.2 Å². The molecule has 142 valence electrons. The molecule has 5 heteroatoms. The number of pyridine rings is 2. The van der Waals surface area contributed by atoms with E-state index in [4.69, 9.17) is 0 Å². The first-order valence-corrected chi connectivity index (χ1v) is 10.1. The molecule has 2 aromatic heterocycles. The lowest BCUT2D eigenvalue weighted by Crippen LogP contribution is -2.64. The maximum atomic E-state index is 13.0. The van der Waals surface area contributed by atoms with Crippen LogP contribution in [-0.4, -0.2) is 45.9 Å². The minimum Gasteiger partial charge on any atom is -0.346 e. The minimum absolute atomic E-state index is 0.0688. The van der Waals surface area contributed by atoms with Gasteiger partial charge in [0.2, 0.25) is 0 Å². The van der Waals surface area contributed by atoms with Crippen LogP contribution in [0.4, 0.5) is 0 Å². The molecule has 0 unspecified atom stereocenters. The predicted octanol–water partition coefficient (Wildman–Crippen LogP) is 3.07. The van der Waals surface area contributed by atoms with Crippen LogP contribution in [0.2, 0.25) is 0 Å². The van der Waals surface area contributed by atoms with Gasteiger partial charge in [-0.15, -0.1) is 0 Å². The maximum Gasteiger partial charge on any atom is 0.270 e. The third-order valence-corrected chi connectivity index (χ3v) is 6.26. The highest BCUT2D eigenvalue weighted by Crippen LogP contribution is 2.34. The van der Waals surface area contributed by atoms with E-state index in [-0.39, 0.29) is 11.9 Å². The Morgan fingerprint density at radius 1 is 1.07 bits per heavy atom. The van der Waals surface area contributed by atoms with Gasteiger partial charge < -0.3 is 5.32 Å². The summed E-state index contributed by atoms with van der Waals surface area (Å²) in [5.74, 6) is 0.469. The number of carbonyl (C=O) groups excluding carboxylic acids is 1. The minimum atomic E-state index is -0.0688. The number of para-hydroxylation sites is 1. The fourth-order valence-electron chi connectivity index (χ4n) is 4.80. The van der Waals surface area contributed by atoms with Gasteiger partial charge in [-0.25, -0.2) is 4.98 Å². The Labute approximate surface area is 164 Å². The zero-order valence-electron chi connectivity index (χ0n) is 15.8. The van der Waals surface area contributed by atoms with Crippen molar-refractivity contribution in [3.63, 3.8) is 0 Å². The van der Waals surface area contributed by atoms with Crippen LogP contribution in [0.3, 0.4) is 0 Å². The summed E-state index contributed by atoms with van der Waals surface area (Å²) in [6.07, 6.45) is 6.97. The highest BCUT2D eigenvalue weighted by Gasteiger charge is 2.42. The van der Waals surface area contributed by atoms with Crippen molar-refractivity contribution in [3.8, 4) is 0 Å². The molecule has 6 rings (SSSR count). The first-order chi connectivity index (χ1) is 13.8. The van der Waals surface area contributed by atoms with Crippen LogP contribution in [0.25, 0.3) is 10.9 Å². The van der Waals surface area contributed by atoms with Crippen molar-refractivity contribution >= 4 is 16.8 Å². The number of amides is 1. The first-order valence-electron chi connectivity index (χ1n) is 10.1. The Morgan fingerprint density at radius 3 is 2.75 bits per heavy atom. The average Bonchev–Trinajstić information content (AvgIpc) is 2.76. The molecule has 2 bridgehead atoms. The van der Waals surface area contributed by atoms with Crippen LogP contribution < -0.4 is 5.32 Å². The second-order valence-electron chi connectivity index (χ2n) is 7.89. The van der Waals surface area contributed by atoms with Gasteiger partial charge in [0.1, 0.15) is 5.69 Å². The largest absolute Gasteiger partial charge is 0.346 e. The predicted molar refractivity (Wildman–Crippen MR) is 109 cm³/mol. The number of nitrogens with zero attached hydrogens (tertiary/aromatic N) is 3. The van der Waals surface area contributed by atoms with Gasteiger partial charge in [-0.2, -0.15) is 0 Å². The smallest absolute Gasteiger partial charge is 0.270 e. The summed E-state index contributed by atoms with van der Waals surface area (Å²) in [7, 11) is 0. The molecule has 3 saturated heterocycles. The number of benzene rings is 1. The van der Waals surface area contributed by atoms with Crippen LogP contribution in [0.15, 0.2) is 60.9 Å². The molecule has 0 radical (unpaired) electrons. The zero-order valence-corrected chi connectivity index (χ0v) is 15.8. The summed E-state index contributed by atoms with van der Waals surface area (Å²) < 4.78 is 0. The molecule has 28 heavy (non-hydrogen) atoms. The van der Waals surface area contributed by atoms with Gasteiger partial charge in [0.05, 0.1) is 5.52 Å². The molecule has 3 aromatic rings. The Bertz CT molecular complexity index is 982. The van der Waals surface area contributed by atoms with Crippen molar-refractivity contribution < 1.29 is 4.79 Å². The van der Waals surface area contributed by atoms with E-state index in [0.29, 0.717) is 17.7 Å². The Morgan fingerprint density at radius 2 is 1.93 bits per heavy atom. The number of carbonyl (C=O) groups is 1. The van der Waals surface area contributed by atoms with E-state index < -0.39 is 0 Å². The molecule has 5 nitrogen and oxygen atoms in total. The summed E-state index contributed by atoms with van der Waals surface area (Å²) in [6, 6.07) is 16.3. The zero-order chi connectivity index (χ0) is 18.9. The molecule has 2 atom stereocenters. The summed E-state index contributed by atoms with van der Waals surface area (Å²) in [5, 5.41) is 4.39. The highest BCUT2D eigenvalue weighted by atomic mass is 16.2. The van der Waals surface area contributed by atoms with E-state index in [1.54, 1.807) is 0 Å². The van der Waals surface area contributed by atoms with E-state index in [1.165, 1.54) is 5.56 Å². The molecule has 0 spiro atoms. The van der Waals surface area contributed by atoms with E-state index in [2.05, 4.69) is 26.3 Å². The number of fused-ring (bicyclic) bond motifs is 4. The van der Waals surface area contributed by atoms with E-state index >= 15 is 0 Å². The third-order valence-electron chi connectivity index (χ3n) is 6.26. The van der Waals surface area contributed by atoms with Crippen molar-refractivity contribution in [2.75, 3.05) is 13.1 Å². The SMILES string of the molecule is O=C(N[C@@H]1C2CCN(CC2)[C@H]1Cc1cccnc1)c1ccc2ccccc2n1. The third kappa shape index (κ3) is 3.27. The lowest BCUT2D eigenvalue weighted by molar-refractivity contribution is 0.0135. The van der Waals surface area contributed by atoms with E-state index in [9.17, 15) is 4.79 Å². The number of rotatable bonds is 4. The average molecular weight is 372 g/mol. The number of hydrogen-bond acceptors (Lipinski definition) is 4. The second-order valence-corrected chi connectivity index (χ2v) is 7.89. The molecule has 3 aliphatic rings. The van der Waals surface area contributed by atoms with Crippen LogP contribution >= 0.6 is 0 Å². The topological polar surface area (TPSA) is 58.1 Å². The van der Waals surface area contributed by atoms with Gasteiger partial charge in [0.15, 0.2) is 0 Å². The first kappa shape index (κ1) is 17.3. The fraction of sp³-hybridized carbons (Fsp3) is 0.348. The lowest BCUT2D eigenvalue weighted by Gasteiger charge is -2.51. The molecular weight excluding hydrogens is 348 g/mol. The van der Waals surface area contributed by atoms with Crippen LogP contribution in [0.1, 0.15) is 28.9 Å². The monoisotopic (exact) mass is 372 g/mol. The van der Waals surface area contributed by atoms with Gasteiger partial charge in [0.25, 0.3) is 5.91 Å². The highest BCUT2D eigenvalue weighted by molar-refractivity contribution is 5.95. The number of nitrogens with one attached hydrogen (secondary N) is 1. The molecular formula is C23H24N4O. The van der Waals surface area contributed by atoms with Gasteiger partial charge in [0, 0.05) is 29.9 Å². The van der Waals surface area contributed by atoms with Crippen LogP contribution in [-0.2, 0) is 6.42 Å². The standard InChI is InChI=1S/C23H24N4O/c28-23(20-8-7-17-5-1-2-6-19(17)25-20)26-22-18-9-12-27(13-10-18)21(22)14-16-4-3-11-24-15-16/h1-8,11,15,18,21-22H,9-10,12-14H2,(H,26,28)/t21-,22+/m0/s1. The van der Waals surface area contributed by atoms with Crippen molar-refractivity contribution in [2.24, 2.45) is 5.92 Å². The molecule has 1 N–H and O–H groups in total. The Hall–Kier alpha value is -2.79. The summed E-state index contributed by atoms with van der Waals surface area (Å²) in [4.78, 5) is 24.4. The summed E-state index contributed by atoms with van der Waals surface area (Å²) in [6.45, 7) is 2.24. The quantitative estimate of drug-likeness (QED) is 0.765. The molecule has 1 amide bonds. The number of aromatic nitrogens is 2. The van der Waals surface area contributed by atoms with Gasteiger partial charge in [-0.3, -0.25) is 14.7 Å². The molecule has 3 fully saturated rings. The van der Waals surface area contributed by atoms with Crippen molar-refractivity contribution in [1.29, 1.82) is 0 Å².